The summed E-state index contributed by atoms with van der Waals surface area (Å²) in [6.45, 7) is 3.72. The van der Waals surface area contributed by atoms with Crippen molar-refractivity contribution >= 4 is 17.1 Å². The van der Waals surface area contributed by atoms with Gasteiger partial charge in [0.05, 0.1) is 29.0 Å². The van der Waals surface area contributed by atoms with Crippen LogP contribution in [0.15, 0.2) is 0 Å². The molecule has 2 aromatic rings. The van der Waals surface area contributed by atoms with E-state index < -0.39 is 0 Å². The van der Waals surface area contributed by atoms with Crippen LogP contribution in [0.25, 0.3) is 0 Å². The third kappa shape index (κ3) is 2.13. The number of carbonyl (C=O) groups excluding carboxylic acids is 1. The van der Waals surface area contributed by atoms with Crippen molar-refractivity contribution in [3.05, 3.63) is 21.4 Å². The predicted octanol–water partition coefficient (Wildman–Crippen LogP) is 0.709. The lowest BCUT2D eigenvalue weighted by molar-refractivity contribution is 0.0994. The van der Waals surface area contributed by atoms with Crippen molar-refractivity contribution in [2.24, 2.45) is 7.05 Å². The van der Waals surface area contributed by atoms with E-state index in [1.54, 1.807) is 7.05 Å². The van der Waals surface area contributed by atoms with Gasteiger partial charge in [0.25, 0.3) is 0 Å². The van der Waals surface area contributed by atoms with Crippen LogP contribution in [0.1, 0.15) is 26.2 Å². The van der Waals surface area contributed by atoms with Gasteiger partial charge in [0.1, 0.15) is 0 Å². The molecule has 0 saturated heterocycles. The Hall–Kier alpha value is -1.63. The number of nitrogens with zero attached hydrogens (tertiary/aromatic N) is 5. The second-order valence-corrected chi connectivity index (χ2v) is 4.65. The molecule has 0 spiro atoms. The van der Waals surface area contributed by atoms with Crippen molar-refractivity contribution in [3.63, 3.8) is 0 Å². The molecule has 84 valence electrons. The van der Waals surface area contributed by atoms with Crippen LogP contribution in [0.4, 0.5) is 0 Å². The lowest BCUT2D eigenvalue weighted by atomic mass is 10.2. The molecule has 0 N–H and O–H groups in total. The molecule has 0 fully saturated rings. The van der Waals surface area contributed by atoms with E-state index >= 15 is 0 Å². The van der Waals surface area contributed by atoms with Crippen LogP contribution >= 0.6 is 11.3 Å². The zero-order valence-corrected chi connectivity index (χ0v) is 10.1. The summed E-state index contributed by atoms with van der Waals surface area (Å²) in [6.07, 6.45) is 0.177. The Bertz CT molecular complexity index is 530. The molecule has 0 aliphatic rings. The monoisotopic (exact) mass is 237 g/mol. The maximum atomic E-state index is 11.9. The summed E-state index contributed by atoms with van der Waals surface area (Å²) in [7, 11) is 1.67. The van der Waals surface area contributed by atoms with Crippen LogP contribution in [-0.2, 0) is 13.5 Å². The van der Waals surface area contributed by atoms with Gasteiger partial charge in [-0.05, 0) is 19.1 Å². The van der Waals surface area contributed by atoms with Crippen molar-refractivity contribution in [2.45, 2.75) is 20.3 Å². The fourth-order valence-electron chi connectivity index (χ4n) is 1.41. The van der Waals surface area contributed by atoms with Gasteiger partial charge in [0.2, 0.25) is 0 Å². The summed E-state index contributed by atoms with van der Waals surface area (Å²) in [4.78, 5) is 18.2. The first-order valence-electron chi connectivity index (χ1n) is 4.76. The van der Waals surface area contributed by atoms with Crippen LogP contribution in [0.2, 0.25) is 0 Å². The minimum absolute atomic E-state index is 0.00361. The van der Waals surface area contributed by atoms with Gasteiger partial charge in [-0.15, -0.1) is 21.5 Å². The molecule has 0 unspecified atom stereocenters. The van der Waals surface area contributed by atoms with Crippen molar-refractivity contribution < 1.29 is 4.79 Å². The van der Waals surface area contributed by atoms with Crippen molar-refractivity contribution in [2.75, 3.05) is 0 Å². The van der Waals surface area contributed by atoms with Gasteiger partial charge in [0, 0.05) is 0 Å². The Kier molecular flexibility index (Phi) is 2.78. The van der Waals surface area contributed by atoms with Crippen LogP contribution in [-0.4, -0.2) is 31.0 Å². The zero-order chi connectivity index (χ0) is 11.7. The van der Waals surface area contributed by atoms with E-state index in [4.69, 9.17) is 0 Å². The average molecular weight is 237 g/mol. The summed E-state index contributed by atoms with van der Waals surface area (Å²) in [6, 6.07) is 0. The first-order chi connectivity index (χ1) is 7.56. The van der Waals surface area contributed by atoms with E-state index in [1.165, 1.54) is 16.1 Å². The first-order valence-corrected chi connectivity index (χ1v) is 5.58. The van der Waals surface area contributed by atoms with Gasteiger partial charge < -0.3 is 0 Å². The molecular weight excluding hydrogens is 226 g/mol. The van der Waals surface area contributed by atoms with Gasteiger partial charge in [-0.1, -0.05) is 0 Å². The van der Waals surface area contributed by atoms with Crippen molar-refractivity contribution in [3.8, 4) is 0 Å². The maximum Gasteiger partial charge on any atom is 0.182 e. The molecule has 0 amide bonds. The zero-order valence-electron chi connectivity index (χ0n) is 9.26. The normalized spacial score (nSPS) is 10.7. The highest BCUT2D eigenvalue weighted by atomic mass is 32.1. The van der Waals surface area contributed by atoms with Crippen LogP contribution in [0.5, 0.6) is 0 Å². The molecule has 2 rings (SSSR count). The van der Waals surface area contributed by atoms with E-state index in [0.717, 1.165) is 10.7 Å². The molecule has 2 aromatic heterocycles. The molecular formula is C9H11N5OS. The summed E-state index contributed by atoms with van der Waals surface area (Å²) in [5, 5.41) is 12.3. The number of Topliss-reactive ketones (excluding diaryl/α,β-unsaturated/α-hetero) is 1. The second kappa shape index (κ2) is 4.09. The lowest BCUT2D eigenvalue weighted by Crippen LogP contribution is -2.05. The Morgan fingerprint density at radius 2 is 2.19 bits per heavy atom. The first kappa shape index (κ1) is 10.9. The summed E-state index contributed by atoms with van der Waals surface area (Å²) in [5.74, 6) is 0.439. The number of thiazole rings is 1. The predicted molar refractivity (Wildman–Crippen MR) is 58.4 cm³/mol. The number of ketones is 1. The quantitative estimate of drug-likeness (QED) is 0.735. The fourth-order valence-corrected chi connectivity index (χ4v) is 2.27. The molecule has 0 radical (unpaired) electrons. The molecule has 0 bridgehead atoms. The Balaban J connectivity index is 2.17. The van der Waals surface area contributed by atoms with Crippen molar-refractivity contribution in [1.29, 1.82) is 0 Å². The number of carbonyl (C=O) groups is 1. The topological polar surface area (TPSA) is 73.6 Å². The van der Waals surface area contributed by atoms with E-state index in [-0.39, 0.29) is 12.2 Å². The molecule has 6 nitrogen and oxygen atoms in total. The van der Waals surface area contributed by atoms with E-state index in [9.17, 15) is 4.79 Å². The molecule has 0 aliphatic heterocycles. The molecule has 0 saturated carbocycles. The summed E-state index contributed by atoms with van der Waals surface area (Å²) in [5.41, 5.74) is 0.774. The maximum absolute atomic E-state index is 11.9. The summed E-state index contributed by atoms with van der Waals surface area (Å²) >= 11 is 1.41. The smallest absolute Gasteiger partial charge is 0.182 e. The minimum Gasteiger partial charge on any atom is -0.293 e. The van der Waals surface area contributed by atoms with Gasteiger partial charge in [-0.2, -0.15) is 4.80 Å². The fraction of sp³-hybridized carbons (Fsp3) is 0.444. The highest BCUT2D eigenvalue weighted by Gasteiger charge is 2.16. The third-order valence-corrected chi connectivity index (χ3v) is 3.14. The van der Waals surface area contributed by atoms with Crippen LogP contribution in [0.3, 0.4) is 0 Å². The Morgan fingerprint density at radius 1 is 1.44 bits per heavy atom. The molecule has 7 heteroatoms. The second-order valence-electron chi connectivity index (χ2n) is 3.44. The van der Waals surface area contributed by atoms with Crippen molar-refractivity contribution in [1.82, 2.24) is 25.2 Å². The Morgan fingerprint density at radius 3 is 2.69 bits per heavy atom. The van der Waals surface area contributed by atoms with Gasteiger partial charge >= 0.3 is 0 Å². The van der Waals surface area contributed by atoms with Gasteiger partial charge in [-0.25, -0.2) is 4.98 Å². The SMILES string of the molecule is Cc1nc(C)c(C(=O)Cc2nnn(C)n2)s1. The highest BCUT2D eigenvalue weighted by Crippen LogP contribution is 2.18. The van der Waals surface area contributed by atoms with E-state index in [0.29, 0.717) is 10.7 Å². The molecule has 0 aliphatic carbocycles. The molecule has 16 heavy (non-hydrogen) atoms. The van der Waals surface area contributed by atoms with Gasteiger partial charge in [0.15, 0.2) is 11.6 Å². The molecule has 2 heterocycles. The Labute approximate surface area is 96.3 Å². The minimum atomic E-state index is -0.00361. The number of hydrogen-bond donors (Lipinski definition) is 0. The largest absolute Gasteiger partial charge is 0.293 e. The number of hydrogen-bond acceptors (Lipinski definition) is 6. The van der Waals surface area contributed by atoms with Crippen LogP contribution < -0.4 is 0 Å². The molecule has 0 aromatic carbocycles. The summed E-state index contributed by atoms with van der Waals surface area (Å²) < 4.78 is 0. The van der Waals surface area contributed by atoms with E-state index in [1.807, 2.05) is 13.8 Å². The number of tetrazole rings is 1. The number of aromatic nitrogens is 5. The molecule has 0 atom stereocenters. The van der Waals surface area contributed by atoms with E-state index in [2.05, 4.69) is 20.4 Å². The number of rotatable bonds is 3. The third-order valence-electron chi connectivity index (χ3n) is 2.03. The lowest BCUT2D eigenvalue weighted by Gasteiger charge is -1.93. The average Bonchev–Trinajstić information content (AvgIpc) is 2.73. The number of aryl methyl sites for hydroxylation is 3. The standard InChI is InChI=1S/C9H11N5OS/c1-5-9(16-6(2)10-5)7(15)4-8-11-13-14(3)12-8/h4H2,1-3H3. The highest BCUT2D eigenvalue weighted by molar-refractivity contribution is 7.13. The van der Waals surface area contributed by atoms with Gasteiger partial charge in [-0.3, -0.25) is 4.79 Å². The van der Waals surface area contributed by atoms with Crippen LogP contribution in [0, 0.1) is 13.8 Å².